The molecule has 1 aromatic heterocycles. The van der Waals surface area contributed by atoms with Crippen molar-refractivity contribution in [1.29, 1.82) is 0 Å². The highest BCUT2D eigenvalue weighted by molar-refractivity contribution is 9.10. The number of hydrogen-bond donors (Lipinski definition) is 0. The lowest BCUT2D eigenvalue weighted by Crippen LogP contribution is -2.02. The Balaban J connectivity index is 2.05. The van der Waals surface area contributed by atoms with Crippen LogP contribution in [0.1, 0.15) is 11.4 Å². The van der Waals surface area contributed by atoms with Crippen molar-refractivity contribution in [3.63, 3.8) is 0 Å². The van der Waals surface area contributed by atoms with Crippen LogP contribution in [0.5, 0.6) is 5.75 Å². The Morgan fingerprint density at radius 3 is 2.81 bits per heavy atom. The summed E-state index contributed by atoms with van der Waals surface area (Å²) in [7, 11) is 1.92. The predicted molar refractivity (Wildman–Crippen MR) is 66.4 cm³/mol. The van der Waals surface area contributed by atoms with Gasteiger partial charge in [-0.05, 0) is 31.2 Å². The number of aromatic nitrogens is 2. The molecule has 1 heterocycles. The molecule has 0 aliphatic rings. The average molecular weight is 281 g/mol. The van der Waals surface area contributed by atoms with Crippen LogP contribution in [0.3, 0.4) is 0 Å². The molecule has 0 amide bonds. The minimum atomic E-state index is 0.536. The molecule has 0 atom stereocenters. The van der Waals surface area contributed by atoms with Crippen molar-refractivity contribution in [2.24, 2.45) is 7.05 Å². The first-order chi connectivity index (χ1) is 7.65. The van der Waals surface area contributed by atoms with Crippen LogP contribution in [0.25, 0.3) is 0 Å². The first-order valence-corrected chi connectivity index (χ1v) is 5.82. The van der Waals surface area contributed by atoms with E-state index in [9.17, 15) is 0 Å². The number of benzene rings is 1. The summed E-state index contributed by atoms with van der Waals surface area (Å²) in [5.41, 5.74) is 2.08. The standard InChI is InChI=1S/C12H13BrN2O/c1-9-6-11(15(2)14-9)8-16-12-5-3-4-10(13)7-12/h3-7H,8H2,1-2H3. The van der Waals surface area contributed by atoms with Crippen LogP contribution in [0, 0.1) is 6.92 Å². The summed E-state index contributed by atoms with van der Waals surface area (Å²) in [6.07, 6.45) is 0. The van der Waals surface area contributed by atoms with E-state index in [1.807, 2.05) is 49.0 Å². The summed E-state index contributed by atoms with van der Waals surface area (Å²) in [5.74, 6) is 0.855. The van der Waals surface area contributed by atoms with Gasteiger partial charge in [0.15, 0.2) is 0 Å². The first-order valence-electron chi connectivity index (χ1n) is 5.03. The van der Waals surface area contributed by atoms with E-state index in [2.05, 4.69) is 21.0 Å². The van der Waals surface area contributed by atoms with Crippen LogP contribution >= 0.6 is 15.9 Å². The Morgan fingerprint density at radius 2 is 2.19 bits per heavy atom. The molecule has 16 heavy (non-hydrogen) atoms. The molecule has 3 nitrogen and oxygen atoms in total. The number of ether oxygens (including phenoxy) is 1. The molecule has 0 saturated heterocycles. The molecule has 0 aliphatic carbocycles. The van der Waals surface area contributed by atoms with E-state index in [1.54, 1.807) is 0 Å². The Labute approximate surface area is 103 Å². The number of aryl methyl sites for hydroxylation is 2. The second-order valence-electron chi connectivity index (χ2n) is 3.65. The van der Waals surface area contributed by atoms with Gasteiger partial charge >= 0.3 is 0 Å². The SMILES string of the molecule is Cc1cc(COc2cccc(Br)c2)n(C)n1. The van der Waals surface area contributed by atoms with Gasteiger partial charge in [0.25, 0.3) is 0 Å². The van der Waals surface area contributed by atoms with Gasteiger partial charge in [0.2, 0.25) is 0 Å². The molecular weight excluding hydrogens is 268 g/mol. The number of halogens is 1. The van der Waals surface area contributed by atoms with E-state index in [0.717, 1.165) is 21.6 Å². The molecule has 0 N–H and O–H groups in total. The highest BCUT2D eigenvalue weighted by Crippen LogP contribution is 2.18. The summed E-state index contributed by atoms with van der Waals surface area (Å²) < 4.78 is 8.54. The molecule has 2 aromatic rings. The lowest BCUT2D eigenvalue weighted by Gasteiger charge is -2.06. The third-order valence-corrected chi connectivity index (χ3v) is 2.77. The molecule has 0 fully saturated rings. The zero-order chi connectivity index (χ0) is 11.5. The lowest BCUT2D eigenvalue weighted by atomic mass is 10.3. The van der Waals surface area contributed by atoms with Crippen molar-refractivity contribution in [1.82, 2.24) is 9.78 Å². The fourth-order valence-electron chi connectivity index (χ4n) is 1.51. The zero-order valence-corrected chi connectivity index (χ0v) is 10.9. The minimum Gasteiger partial charge on any atom is -0.487 e. The van der Waals surface area contributed by atoms with E-state index in [4.69, 9.17) is 4.74 Å². The van der Waals surface area contributed by atoms with E-state index >= 15 is 0 Å². The summed E-state index contributed by atoms with van der Waals surface area (Å²) in [6.45, 7) is 2.51. The van der Waals surface area contributed by atoms with Gasteiger partial charge in [0.05, 0.1) is 11.4 Å². The monoisotopic (exact) mass is 280 g/mol. The highest BCUT2D eigenvalue weighted by atomic mass is 79.9. The lowest BCUT2D eigenvalue weighted by molar-refractivity contribution is 0.294. The molecule has 84 valence electrons. The van der Waals surface area contributed by atoms with E-state index < -0.39 is 0 Å². The molecule has 4 heteroatoms. The topological polar surface area (TPSA) is 27.1 Å². The maximum absolute atomic E-state index is 5.68. The zero-order valence-electron chi connectivity index (χ0n) is 9.27. The highest BCUT2D eigenvalue weighted by Gasteiger charge is 2.02. The van der Waals surface area contributed by atoms with Crippen LogP contribution in [-0.4, -0.2) is 9.78 Å². The third kappa shape index (κ3) is 2.64. The largest absolute Gasteiger partial charge is 0.487 e. The minimum absolute atomic E-state index is 0.536. The van der Waals surface area contributed by atoms with Gasteiger partial charge in [-0.15, -0.1) is 0 Å². The van der Waals surface area contributed by atoms with Crippen molar-refractivity contribution in [3.05, 3.63) is 46.2 Å². The fourth-order valence-corrected chi connectivity index (χ4v) is 1.89. The van der Waals surface area contributed by atoms with E-state index in [-0.39, 0.29) is 0 Å². The molecule has 0 bridgehead atoms. The molecule has 0 unspecified atom stereocenters. The summed E-state index contributed by atoms with van der Waals surface area (Å²) in [4.78, 5) is 0. The molecule has 0 aliphatic heterocycles. The van der Waals surface area contributed by atoms with Crippen LogP contribution in [0.4, 0.5) is 0 Å². The van der Waals surface area contributed by atoms with Crippen molar-refractivity contribution >= 4 is 15.9 Å². The summed E-state index contributed by atoms with van der Waals surface area (Å²) in [5, 5.41) is 4.27. The summed E-state index contributed by atoms with van der Waals surface area (Å²) >= 11 is 3.41. The molecule has 0 spiro atoms. The summed E-state index contributed by atoms with van der Waals surface area (Å²) in [6, 6.07) is 9.84. The van der Waals surface area contributed by atoms with Crippen LogP contribution in [0.2, 0.25) is 0 Å². The average Bonchev–Trinajstić information content (AvgIpc) is 2.54. The first kappa shape index (κ1) is 11.2. The van der Waals surface area contributed by atoms with Crippen molar-refractivity contribution < 1.29 is 4.74 Å². The van der Waals surface area contributed by atoms with Crippen LogP contribution in [0.15, 0.2) is 34.8 Å². The maximum Gasteiger partial charge on any atom is 0.130 e. The Bertz CT molecular complexity index is 494. The van der Waals surface area contributed by atoms with Gasteiger partial charge in [-0.2, -0.15) is 5.10 Å². The van der Waals surface area contributed by atoms with E-state index in [1.165, 1.54) is 0 Å². The predicted octanol–water partition coefficient (Wildman–Crippen LogP) is 3.07. The number of rotatable bonds is 3. The van der Waals surface area contributed by atoms with Crippen LogP contribution in [-0.2, 0) is 13.7 Å². The quantitative estimate of drug-likeness (QED) is 0.864. The maximum atomic E-state index is 5.68. The van der Waals surface area contributed by atoms with Crippen LogP contribution < -0.4 is 4.74 Å². The molecular formula is C12H13BrN2O. The van der Waals surface area contributed by atoms with Crippen molar-refractivity contribution in [2.45, 2.75) is 13.5 Å². The van der Waals surface area contributed by atoms with Gasteiger partial charge in [0, 0.05) is 11.5 Å². The third-order valence-electron chi connectivity index (χ3n) is 2.28. The van der Waals surface area contributed by atoms with Gasteiger partial charge in [-0.25, -0.2) is 0 Å². The number of hydrogen-bond acceptors (Lipinski definition) is 2. The van der Waals surface area contributed by atoms with E-state index in [0.29, 0.717) is 6.61 Å². The molecule has 0 saturated carbocycles. The second kappa shape index (κ2) is 4.70. The van der Waals surface area contributed by atoms with Gasteiger partial charge < -0.3 is 4.74 Å². The van der Waals surface area contributed by atoms with Gasteiger partial charge in [-0.3, -0.25) is 4.68 Å². The molecule has 2 rings (SSSR count). The Morgan fingerprint density at radius 1 is 1.38 bits per heavy atom. The van der Waals surface area contributed by atoms with Gasteiger partial charge in [-0.1, -0.05) is 22.0 Å². The Hall–Kier alpha value is -1.29. The fraction of sp³-hybridized carbons (Fsp3) is 0.250. The molecule has 0 radical (unpaired) electrons. The van der Waals surface area contributed by atoms with Gasteiger partial charge in [0.1, 0.15) is 12.4 Å². The smallest absolute Gasteiger partial charge is 0.130 e. The Kier molecular flexibility index (Phi) is 3.29. The second-order valence-corrected chi connectivity index (χ2v) is 4.56. The number of nitrogens with zero attached hydrogens (tertiary/aromatic N) is 2. The molecule has 1 aromatic carbocycles. The van der Waals surface area contributed by atoms with Crippen molar-refractivity contribution in [3.8, 4) is 5.75 Å². The van der Waals surface area contributed by atoms with Crippen molar-refractivity contribution in [2.75, 3.05) is 0 Å². The normalized spacial score (nSPS) is 10.4.